The van der Waals surface area contributed by atoms with Crippen LogP contribution in [0.4, 0.5) is 11.6 Å². The molecule has 0 radical (unpaired) electrons. The molecule has 4 rings (SSSR count). The standard InChI is InChI=1S/C22H20N4O4S/c1-14-12-15(2)24-22(23-14)25-31(29,30)18-10-8-17(9-11-18)26-20(27)13-19(21(26)28)16-6-4-3-5-7-16/h3-12,19H,13H2,1-2H3,(H,23,24,25). The van der Waals surface area contributed by atoms with E-state index in [9.17, 15) is 18.0 Å². The van der Waals surface area contributed by atoms with E-state index in [1.807, 2.05) is 30.3 Å². The van der Waals surface area contributed by atoms with Crippen molar-refractivity contribution in [3.8, 4) is 0 Å². The average molecular weight is 436 g/mol. The molecular weight excluding hydrogens is 416 g/mol. The Balaban J connectivity index is 1.56. The highest BCUT2D eigenvalue weighted by atomic mass is 32.2. The van der Waals surface area contributed by atoms with Crippen LogP contribution in [0, 0.1) is 13.8 Å². The van der Waals surface area contributed by atoms with Gasteiger partial charge in [-0.25, -0.2) is 23.1 Å². The van der Waals surface area contributed by atoms with Crippen molar-refractivity contribution in [2.24, 2.45) is 0 Å². The van der Waals surface area contributed by atoms with E-state index < -0.39 is 15.9 Å². The number of benzene rings is 2. The highest BCUT2D eigenvalue weighted by molar-refractivity contribution is 7.92. The number of anilines is 2. The van der Waals surface area contributed by atoms with E-state index in [4.69, 9.17) is 0 Å². The number of hydrogen-bond acceptors (Lipinski definition) is 6. The van der Waals surface area contributed by atoms with Crippen molar-refractivity contribution in [1.29, 1.82) is 0 Å². The van der Waals surface area contributed by atoms with Gasteiger partial charge in [0.15, 0.2) is 0 Å². The first-order chi connectivity index (χ1) is 14.7. The van der Waals surface area contributed by atoms with Crippen LogP contribution in [0.15, 0.2) is 65.6 Å². The first-order valence-electron chi connectivity index (χ1n) is 9.61. The molecule has 1 aromatic heterocycles. The fraction of sp³-hybridized carbons (Fsp3) is 0.182. The largest absolute Gasteiger partial charge is 0.274 e. The number of carbonyl (C=O) groups excluding carboxylic acids is 2. The number of nitrogens with zero attached hydrogens (tertiary/aromatic N) is 3. The number of imide groups is 1. The third-order valence-electron chi connectivity index (χ3n) is 4.96. The van der Waals surface area contributed by atoms with Crippen molar-refractivity contribution < 1.29 is 18.0 Å². The topological polar surface area (TPSA) is 109 Å². The number of nitrogens with one attached hydrogen (secondary N) is 1. The monoisotopic (exact) mass is 436 g/mol. The number of carbonyl (C=O) groups is 2. The molecule has 0 aliphatic carbocycles. The molecule has 1 unspecified atom stereocenters. The summed E-state index contributed by atoms with van der Waals surface area (Å²) in [5.74, 6) is -1.21. The van der Waals surface area contributed by atoms with Gasteiger partial charge in [-0.05, 0) is 49.7 Å². The van der Waals surface area contributed by atoms with E-state index in [1.54, 1.807) is 19.9 Å². The molecule has 0 saturated carbocycles. The Kier molecular flexibility index (Phi) is 5.28. The van der Waals surface area contributed by atoms with Crippen molar-refractivity contribution in [2.75, 3.05) is 9.62 Å². The Morgan fingerprint density at radius 1 is 0.935 bits per heavy atom. The minimum absolute atomic E-state index is 0.0165. The molecule has 2 aromatic carbocycles. The molecule has 31 heavy (non-hydrogen) atoms. The normalized spacial score (nSPS) is 16.6. The Morgan fingerprint density at radius 3 is 2.16 bits per heavy atom. The van der Waals surface area contributed by atoms with Crippen LogP contribution >= 0.6 is 0 Å². The summed E-state index contributed by atoms with van der Waals surface area (Å²) in [7, 11) is -3.93. The molecule has 1 aliphatic rings. The van der Waals surface area contributed by atoms with E-state index in [0.29, 0.717) is 17.1 Å². The van der Waals surface area contributed by atoms with Crippen LogP contribution in [-0.4, -0.2) is 30.2 Å². The molecule has 0 bridgehead atoms. The summed E-state index contributed by atoms with van der Waals surface area (Å²) in [6.07, 6.45) is 0.0779. The summed E-state index contributed by atoms with van der Waals surface area (Å²) in [4.78, 5) is 34.6. The zero-order chi connectivity index (χ0) is 22.2. The zero-order valence-electron chi connectivity index (χ0n) is 16.9. The molecule has 2 amide bonds. The first kappa shape index (κ1) is 20.7. The van der Waals surface area contributed by atoms with Crippen molar-refractivity contribution in [3.63, 3.8) is 0 Å². The summed E-state index contributed by atoms with van der Waals surface area (Å²) >= 11 is 0. The zero-order valence-corrected chi connectivity index (χ0v) is 17.8. The van der Waals surface area contributed by atoms with Crippen LogP contribution in [0.25, 0.3) is 0 Å². The van der Waals surface area contributed by atoms with Crippen LogP contribution in [-0.2, 0) is 19.6 Å². The lowest BCUT2D eigenvalue weighted by atomic mass is 9.98. The van der Waals surface area contributed by atoms with Crippen LogP contribution < -0.4 is 9.62 Å². The highest BCUT2D eigenvalue weighted by Gasteiger charge is 2.40. The van der Waals surface area contributed by atoms with E-state index in [0.717, 1.165) is 10.5 Å². The van der Waals surface area contributed by atoms with E-state index in [1.165, 1.54) is 24.3 Å². The quantitative estimate of drug-likeness (QED) is 0.616. The van der Waals surface area contributed by atoms with Gasteiger partial charge in [-0.1, -0.05) is 30.3 Å². The summed E-state index contributed by atoms with van der Waals surface area (Å²) < 4.78 is 27.7. The van der Waals surface area contributed by atoms with Gasteiger partial charge >= 0.3 is 0 Å². The van der Waals surface area contributed by atoms with Gasteiger partial charge < -0.3 is 0 Å². The molecule has 1 N–H and O–H groups in total. The van der Waals surface area contributed by atoms with Crippen molar-refractivity contribution >= 4 is 33.5 Å². The number of rotatable bonds is 5. The summed E-state index contributed by atoms with van der Waals surface area (Å²) in [6.45, 7) is 3.49. The third kappa shape index (κ3) is 4.17. The third-order valence-corrected chi connectivity index (χ3v) is 6.31. The molecule has 158 valence electrons. The molecule has 3 aromatic rings. The second-order valence-electron chi connectivity index (χ2n) is 7.31. The van der Waals surface area contributed by atoms with E-state index >= 15 is 0 Å². The molecular formula is C22H20N4O4S. The molecule has 1 fully saturated rings. The Bertz CT molecular complexity index is 1240. The van der Waals surface area contributed by atoms with Gasteiger partial charge in [0, 0.05) is 17.8 Å². The first-order valence-corrected chi connectivity index (χ1v) is 11.1. The van der Waals surface area contributed by atoms with Gasteiger partial charge in [-0.3, -0.25) is 14.5 Å². The van der Waals surface area contributed by atoms with Crippen molar-refractivity contribution in [1.82, 2.24) is 9.97 Å². The average Bonchev–Trinajstić information content (AvgIpc) is 3.01. The second-order valence-corrected chi connectivity index (χ2v) is 8.99. The maximum absolute atomic E-state index is 12.9. The molecule has 9 heteroatoms. The van der Waals surface area contributed by atoms with Crippen LogP contribution in [0.5, 0.6) is 0 Å². The molecule has 1 atom stereocenters. The Labute approximate surface area is 180 Å². The number of amides is 2. The lowest BCUT2D eigenvalue weighted by Crippen LogP contribution is -2.30. The van der Waals surface area contributed by atoms with Gasteiger partial charge in [0.2, 0.25) is 17.8 Å². The van der Waals surface area contributed by atoms with Gasteiger partial charge in [0.1, 0.15) is 0 Å². The maximum Gasteiger partial charge on any atom is 0.264 e. The number of sulfonamides is 1. The molecule has 1 saturated heterocycles. The minimum Gasteiger partial charge on any atom is -0.274 e. The SMILES string of the molecule is Cc1cc(C)nc(NS(=O)(=O)c2ccc(N3C(=O)CC(c4ccccc4)C3=O)cc2)n1. The minimum atomic E-state index is -3.93. The number of aryl methyl sites for hydroxylation is 2. The summed E-state index contributed by atoms with van der Waals surface area (Å²) in [5, 5.41) is 0. The predicted molar refractivity (Wildman–Crippen MR) is 115 cm³/mol. The van der Waals surface area contributed by atoms with Crippen molar-refractivity contribution in [3.05, 3.63) is 77.6 Å². The summed E-state index contributed by atoms with van der Waals surface area (Å²) in [5.41, 5.74) is 2.38. The Morgan fingerprint density at radius 2 is 1.55 bits per heavy atom. The molecule has 8 nitrogen and oxygen atoms in total. The van der Waals surface area contributed by atoms with Gasteiger partial charge in [-0.2, -0.15) is 0 Å². The Hall–Kier alpha value is -3.59. The number of hydrogen-bond donors (Lipinski definition) is 1. The maximum atomic E-state index is 12.9. The molecule has 1 aliphatic heterocycles. The fourth-order valence-electron chi connectivity index (χ4n) is 3.57. The number of aromatic nitrogens is 2. The van der Waals surface area contributed by atoms with E-state index in [2.05, 4.69) is 14.7 Å². The smallest absolute Gasteiger partial charge is 0.264 e. The van der Waals surface area contributed by atoms with Gasteiger partial charge in [-0.15, -0.1) is 0 Å². The fourth-order valence-corrected chi connectivity index (χ4v) is 4.52. The van der Waals surface area contributed by atoms with Crippen LogP contribution in [0.3, 0.4) is 0 Å². The van der Waals surface area contributed by atoms with Crippen LogP contribution in [0.2, 0.25) is 0 Å². The second kappa shape index (κ2) is 7.92. The van der Waals surface area contributed by atoms with E-state index in [-0.39, 0.29) is 29.1 Å². The lowest BCUT2D eigenvalue weighted by molar-refractivity contribution is -0.121. The lowest BCUT2D eigenvalue weighted by Gasteiger charge is -2.16. The highest BCUT2D eigenvalue weighted by Crippen LogP contribution is 2.33. The van der Waals surface area contributed by atoms with Crippen LogP contribution in [0.1, 0.15) is 29.3 Å². The molecule has 0 spiro atoms. The molecule has 2 heterocycles. The van der Waals surface area contributed by atoms with Gasteiger partial charge in [0.05, 0.1) is 16.5 Å². The van der Waals surface area contributed by atoms with Crippen molar-refractivity contribution in [2.45, 2.75) is 31.1 Å². The van der Waals surface area contributed by atoms with Gasteiger partial charge in [0.25, 0.3) is 10.0 Å². The summed E-state index contributed by atoms with van der Waals surface area (Å²) in [6, 6.07) is 16.4. The predicted octanol–water partition coefficient (Wildman–Crippen LogP) is 2.94.